The minimum atomic E-state index is -1.34. The Balaban J connectivity index is 1.14. The topological polar surface area (TPSA) is 189 Å². The number of carboxylic acid groups (broad SMARTS) is 1. The quantitative estimate of drug-likeness (QED) is 0.0830. The number of benzene rings is 5. The van der Waals surface area contributed by atoms with E-state index in [2.05, 4.69) is 21.3 Å². The van der Waals surface area contributed by atoms with Crippen molar-refractivity contribution >= 4 is 47.3 Å². The second-order valence-corrected chi connectivity index (χ2v) is 16.8. The van der Waals surface area contributed by atoms with E-state index in [4.69, 9.17) is 9.47 Å². The van der Waals surface area contributed by atoms with Crippen molar-refractivity contribution in [2.45, 2.75) is 68.1 Å². The highest BCUT2D eigenvalue weighted by molar-refractivity contribution is 8.03. The van der Waals surface area contributed by atoms with Gasteiger partial charge in [-0.15, -0.1) is 11.8 Å². The van der Waals surface area contributed by atoms with Crippen molar-refractivity contribution in [1.82, 2.24) is 21.3 Å². The average Bonchev–Trinajstić information content (AvgIpc) is 3.83. The Bertz CT molecular complexity index is 2440. The highest BCUT2D eigenvalue weighted by Gasteiger charge is 2.33. The lowest BCUT2D eigenvalue weighted by atomic mass is 9.98. The molecule has 5 aromatic rings. The third-order valence-electron chi connectivity index (χ3n) is 10.9. The summed E-state index contributed by atoms with van der Waals surface area (Å²) in [6.45, 7) is -0.240. The van der Waals surface area contributed by atoms with E-state index in [0.29, 0.717) is 34.4 Å². The van der Waals surface area contributed by atoms with E-state index in [1.807, 2.05) is 84.3 Å². The second kappa shape index (κ2) is 21.7. The zero-order valence-corrected chi connectivity index (χ0v) is 35.6. The Kier molecular flexibility index (Phi) is 15.2. The molecule has 0 fully saturated rings. The number of carbonyl (C=O) groups excluding carboxylic acids is 5. The van der Waals surface area contributed by atoms with Gasteiger partial charge in [-0.2, -0.15) is 0 Å². The van der Waals surface area contributed by atoms with Crippen molar-refractivity contribution < 1.29 is 43.3 Å². The fraction of sp³-hybridized carbons (Fsp3) is 0.240. The van der Waals surface area contributed by atoms with E-state index >= 15 is 0 Å². The molecule has 0 spiro atoms. The van der Waals surface area contributed by atoms with Gasteiger partial charge in [-0.05, 0) is 75.9 Å². The largest absolute Gasteiger partial charge is 0.484 e. The zero-order valence-electron chi connectivity index (χ0n) is 34.8. The summed E-state index contributed by atoms with van der Waals surface area (Å²) in [4.78, 5) is 81.3. The Morgan fingerprint density at radius 1 is 0.641 bits per heavy atom. The number of carbonyl (C=O) groups is 6. The number of esters is 1. The highest BCUT2D eigenvalue weighted by atomic mass is 32.2. The van der Waals surface area contributed by atoms with Gasteiger partial charge >= 0.3 is 11.9 Å². The van der Waals surface area contributed by atoms with Crippen LogP contribution in [0.25, 0.3) is 11.1 Å². The molecule has 5 N–H and O–H groups in total. The molecule has 8 rings (SSSR count). The Morgan fingerprint density at radius 2 is 1.20 bits per heavy atom. The SMILES string of the molecule is O=C1COc2ccc(cc2)C[C@@H](C(=O)O)NC(=O)[C@H](Cc2ccccc2)NC(=O)[C@H](Cc2ccc(-c3ccc(C(=O)OCc4ccccc4)cc3)cc2)NC(=O)[C@H](CC2CC=CS2)N1. The number of thioether (sulfide) groups is 1. The number of carboxylic acids is 1. The molecule has 3 aliphatic heterocycles. The molecule has 0 aromatic heterocycles. The van der Waals surface area contributed by atoms with Gasteiger partial charge in [0.1, 0.15) is 36.5 Å². The first-order valence-corrected chi connectivity index (χ1v) is 21.9. The van der Waals surface area contributed by atoms with Gasteiger partial charge in [0.05, 0.1) is 5.56 Å². The number of aliphatic carboxylic acids is 1. The predicted molar refractivity (Wildman–Crippen MR) is 242 cm³/mol. The molecular weight excluding hydrogens is 833 g/mol. The van der Waals surface area contributed by atoms with Crippen molar-refractivity contribution in [2.24, 2.45) is 0 Å². The molecule has 0 saturated heterocycles. The number of allylic oxidation sites excluding steroid dienone is 1. The first-order valence-electron chi connectivity index (χ1n) is 21.0. The van der Waals surface area contributed by atoms with Crippen LogP contribution in [0, 0.1) is 0 Å². The van der Waals surface area contributed by atoms with Gasteiger partial charge in [0.2, 0.25) is 17.7 Å². The van der Waals surface area contributed by atoms with Crippen molar-refractivity contribution in [3.8, 4) is 16.9 Å². The van der Waals surface area contributed by atoms with Crippen LogP contribution in [0.15, 0.2) is 145 Å². The summed E-state index contributed by atoms with van der Waals surface area (Å²) in [6, 6.07) is 34.4. The van der Waals surface area contributed by atoms with Crippen LogP contribution in [0.2, 0.25) is 0 Å². The molecule has 2 bridgehead atoms. The Morgan fingerprint density at radius 3 is 1.80 bits per heavy atom. The van der Waals surface area contributed by atoms with Crippen LogP contribution >= 0.6 is 11.8 Å². The number of amides is 4. The normalized spacial score (nSPS) is 20.6. The van der Waals surface area contributed by atoms with Gasteiger partial charge in [-0.3, -0.25) is 19.2 Å². The van der Waals surface area contributed by atoms with Gasteiger partial charge in [-0.1, -0.05) is 115 Å². The van der Waals surface area contributed by atoms with Crippen LogP contribution in [-0.4, -0.2) is 76.7 Å². The van der Waals surface area contributed by atoms with Crippen LogP contribution in [0.1, 0.15) is 45.5 Å². The molecule has 0 saturated carbocycles. The van der Waals surface area contributed by atoms with Crippen molar-refractivity contribution in [3.05, 3.63) is 173 Å². The maximum Gasteiger partial charge on any atom is 0.338 e. The second-order valence-electron chi connectivity index (χ2n) is 15.6. The number of ether oxygens (including phenoxy) is 2. The summed E-state index contributed by atoms with van der Waals surface area (Å²) < 4.78 is 11.2. The van der Waals surface area contributed by atoms with Crippen molar-refractivity contribution in [1.29, 1.82) is 0 Å². The van der Waals surface area contributed by atoms with Crippen molar-refractivity contribution in [2.75, 3.05) is 6.61 Å². The first kappa shape index (κ1) is 44.9. The molecule has 1 unspecified atom stereocenters. The van der Waals surface area contributed by atoms with E-state index in [1.54, 1.807) is 72.4 Å². The molecule has 13 nitrogen and oxygen atoms in total. The zero-order chi connectivity index (χ0) is 44.8. The van der Waals surface area contributed by atoms with Crippen molar-refractivity contribution in [3.63, 3.8) is 0 Å². The number of hydrogen-bond donors (Lipinski definition) is 5. The minimum Gasteiger partial charge on any atom is -0.484 e. The lowest BCUT2D eigenvalue weighted by molar-refractivity contribution is -0.142. The van der Waals surface area contributed by atoms with Gasteiger partial charge in [-0.25, -0.2) is 9.59 Å². The molecule has 0 radical (unpaired) electrons. The average molecular weight is 881 g/mol. The fourth-order valence-corrected chi connectivity index (χ4v) is 8.35. The predicted octanol–water partition coefficient (Wildman–Crippen LogP) is 5.56. The molecular formula is C50H48N4O9S. The van der Waals surface area contributed by atoms with Crippen LogP contribution in [0.4, 0.5) is 0 Å². The number of hydrogen-bond acceptors (Lipinski definition) is 9. The molecule has 5 aromatic carbocycles. The molecule has 328 valence electrons. The molecule has 0 aliphatic carbocycles. The summed E-state index contributed by atoms with van der Waals surface area (Å²) in [6.07, 6.45) is 2.92. The Labute approximate surface area is 375 Å². The molecule has 5 atom stereocenters. The van der Waals surface area contributed by atoms with Crippen LogP contribution < -0.4 is 26.0 Å². The van der Waals surface area contributed by atoms with E-state index in [-0.39, 0.29) is 37.5 Å². The smallest absolute Gasteiger partial charge is 0.338 e. The lowest BCUT2D eigenvalue weighted by Crippen LogP contribution is -2.59. The van der Waals surface area contributed by atoms with Gasteiger partial charge in [0, 0.05) is 24.5 Å². The van der Waals surface area contributed by atoms with E-state index < -0.39 is 66.3 Å². The minimum absolute atomic E-state index is 0.000994. The summed E-state index contributed by atoms with van der Waals surface area (Å²) in [5.74, 6) is -3.91. The van der Waals surface area contributed by atoms with Gasteiger partial charge in [0.25, 0.3) is 5.91 Å². The third-order valence-corrected chi connectivity index (χ3v) is 12.0. The monoisotopic (exact) mass is 880 g/mol. The Hall–Kier alpha value is -7.19. The fourth-order valence-electron chi connectivity index (χ4n) is 7.38. The van der Waals surface area contributed by atoms with Crippen LogP contribution in [0.5, 0.6) is 5.75 Å². The first-order chi connectivity index (χ1) is 31.1. The number of fused-ring (bicyclic) bond motifs is 16. The van der Waals surface area contributed by atoms with Gasteiger partial charge in [0.15, 0.2) is 6.61 Å². The summed E-state index contributed by atoms with van der Waals surface area (Å²) >= 11 is 1.55. The summed E-state index contributed by atoms with van der Waals surface area (Å²) in [5, 5.41) is 23.2. The van der Waals surface area contributed by atoms with Crippen LogP contribution in [0.3, 0.4) is 0 Å². The molecule has 4 amide bonds. The molecule has 3 heterocycles. The third kappa shape index (κ3) is 12.7. The summed E-state index contributed by atoms with van der Waals surface area (Å²) in [5.41, 5.74) is 4.92. The highest BCUT2D eigenvalue weighted by Crippen LogP contribution is 2.28. The van der Waals surface area contributed by atoms with Crippen LogP contribution in [-0.2, 0) is 54.6 Å². The molecule has 3 aliphatic rings. The standard InChI is InChI=1S/C50H48N4O9S/c55-45-31-62-39-23-15-34(16-24-39)28-44(49(59)60)54-47(57)41(26-32-8-3-1-4-9-32)52-46(56)42(53-48(58)43(51-45)29-40-12-7-25-64-40)27-33-13-17-36(18-14-33)37-19-21-38(22-20-37)50(61)63-30-35-10-5-2-6-11-35/h1-11,13-25,40-44H,12,26-31H2,(H,51,55)(H,52,56)(H,53,58)(H,54,57)(H,59,60)/t40?,41-,42-,43-,44-/m0/s1. The summed E-state index contributed by atoms with van der Waals surface area (Å²) in [7, 11) is 0. The van der Waals surface area contributed by atoms with E-state index in [1.165, 1.54) is 0 Å². The maximum atomic E-state index is 14.5. The number of rotatable bonds is 11. The molecule has 14 heteroatoms. The number of nitrogens with one attached hydrogen (secondary N) is 4. The molecule has 64 heavy (non-hydrogen) atoms. The maximum absolute atomic E-state index is 14.5. The van der Waals surface area contributed by atoms with E-state index in [9.17, 15) is 33.9 Å². The van der Waals surface area contributed by atoms with E-state index in [0.717, 1.165) is 16.7 Å². The van der Waals surface area contributed by atoms with Gasteiger partial charge < -0.3 is 35.8 Å². The lowest BCUT2D eigenvalue weighted by Gasteiger charge is -2.27.